The van der Waals surface area contributed by atoms with Crippen molar-refractivity contribution in [1.82, 2.24) is 19.6 Å². The molecule has 4 saturated carbocycles. The maximum absolute atomic E-state index is 14.1. The van der Waals surface area contributed by atoms with Crippen molar-refractivity contribution in [2.75, 3.05) is 5.32 Å². The van der Waals surface area contributed by atoms with Crippen LogP contribution in [0.25, 0.3) is 5.69 Å². The van der Waals surface area contributed by atoms with Gasteiger partial charge in [-0.15, -0.1) is 0 Å². The summed E-state index contributed by atoms with van der Waals surface area (Å²) < 4.78 is 17.6. The fourth-order valence-corrected chi connectivity index (χ4v) is 7.56. The van der Waals surface area contributed by atoms with Crippen LogP contribution >= 0.6 is 0 Å². The molecule has 0 aliphatic heterocycles. The van der Waals surface area contributed by atoms with Crippen molar-refractivity contribution >= 4 is 11.6 Å². The van der Waals surface area contributed by atoms with Gasteiger partial charge in [-0.3, -0.25) is 9.48 Å². The number of anilines is 1. The molecular weight excluding hydrogens is 465 g/mol. The van der Waals surface area contributed by atoms with Gasteiger partial charge < -0.3 is 5.32 Å². The zero-order valence-corrected chi connectivity index (χ0v) is 20.7. The number of aromatic nitrogens is 4. The Balaban J connectivity index is 1.20. The van der Waals surface area contributed by atoms with E-state index in [-0.39, 0.29) is 17.1 Å². The highest BCUT2D eigenvalue weighted by Gasteiger charge is 2.53. The molecule has 4 bridgehead atoms. The minimum absolute atomic E-state index is 0.0174. The monoisotopic (exact) mass is 495 g/mol. The number of carbonyl (C=O) groups excluding carboxylic acids is 1. The topological polar surface area (TPSA) is 64.7 Å². The quantitative estimate of drug-likeness (QED) is 0.358. The van der Waals surface area contributed by atoms with Gasteiger partial charge >= 0.3 is 0 Å². The molecule has 4 fully saturated rings. The molecule has 4 aliphatic carbocycles. The summed E-state index contributed by atoms with van der Waals surface area (Å²) >= 11 is 0. The number of amides is 1. The average Bonchev–Trinajstić information content (AvgIpc) is 3.53. The molecule has 188 valence electrons. The molecule has 2 aromatic heterocycles. The summed E-state index contributed by atoms with van der Waals surface area (Å²) in [6.07, 6.45) is 12.6. The van der Waals surface area contributed by atoms with Crippen LogP contribution in [0.15, 0.2) is 73.2 Å². The minimum atomic E-state index is -0.267. The Morgan fingerprint density at radius 1 is 0.946 bits per heavy atom. The van der Waals surface area contributed by atoms with E-state index in [1.54, 1.807) is 35.3 Å². The Hall–Kier alpha value is -3.74. The summed E-state index contributed by atoms with van der Waals surface area (Å²) in [5.41, 5.74) is 3.67. The van der Waals surface area contributed by atoms with Crippen LogP contribution in [0.4, 0.5) is 10.1 Å². The summed E-state index contributed by atoms with van der Waals surface area (Å²) in [5, 5.41) is 12.5. The van der Waals surface area contributed by atoms with Crippen molar-refractivity contribution < 1.29 is 9.18 Å². The highest BCUT2D eigenvalue weighted by molar-refractivity contribution is 6.05. The summed E-state index contributed by atoms with van der Waals surface area (Å²) in [6, 6.07) is 16.7. The van der Waals surface area contributed by atoms with Gasteiger partial charge in [0.05, 0.1) is 35.4 Å². The van der Waals surface area contributed by atoms with Crippen molar-refractivity contribution in [2.45, 2.75) is 50.5 Å². The first-order valence-electron chi connectivity index (χ1n) is 13.3. The lowest BCUT2D eigenvalue weighted by atomic mass is 9.48. The molecule has 8 rings (SSSR count). The molecule has 4 aromatic rings. The predicted octanol–water partition coefficient (Wildman–Crippen LogP) is 5.98. The molecule has 0 unspecified atom stereocenters. The van der Waals surface area contributed by atoms with Gasteiger partial charge in [-0.05, 0) is 74.5 Å². The zero-order chi connectivity index (χ0) is 25.0. The number of nitrogens with one attached hydrogen (secondary N) is 1. The second-order valence-electron chi connectivity index (χ2n) is 11.3. The average molecular weight is 496 g/mol. The van der Waals surface area contributed by atoms with Gasteiger partial charge in [-0.1, -0.05) is 36.4 Å². The van der Waals surface area contributed by atoms with Gasteiger partial charge in [0.15, 0.2) is 0 Å². The molecule has 7 heteroatoms. The summed E-state index contributed by atoms with van der Waals surface area (Å²) in [5.74, 6) is 1.82. The number of rotatable bonds is 6. The van der Waals surface area contributed by atoms with E-state index in [4.69, 9.17) is 5.10 Å². The fourth-order valence-electron chi connectivity index (χ4n) is 7.56. The number of hydrogen-bond donors (Lipinski definition) is 1. The van der Waals surface area contributed by atoms with Crippen LogP contribution in [0, 0.1) is 23.6 Å². The summed E-state index contributed by atoms with van der Waals surface area (Å²) in [7, 11) is 0. The first kappa shape index (κ1) is 22.5. The van der Waals surface area contributed by atoms with Crippen LogP contribution in [0.2, 0.25) is 0 Å². The largest absolute Gasteiger partial charge is 0.319 e. The molecule has 2 heterocycles. The molecular formula is C30H30FN5O. The molecule has 1 amide bonds. The second-order valence-corrected chi connectivity index (χ2v) is 11.3. The number of para-hydroxylation sites is 1. The fraction of sp³-hybridized carbons (Fsp3) is 0.367. The molecule has 0 spiro atoms. The number of nitrogens with zero attached hydrogens (tertiary/aromatic N) is 4. The second kappa shape index (κ2) is 8.68. The van der Waals surface area contributed by atoms with E-state index in [0.29, 0.717) is 23.4 Å². The van der Waals surface area contributed by atoms with Gasteiger partial charge in [-0.25, -0.2) is 9.07 Å². The van der Waals surface area contributed by atoms with E-state index in [1.807, 2.05) is 41.2 Å². The van der Waals surface area contributed by atoms with Gasteiger partial charge in [0.1, 0.15) is 5.82 Å². The number of benzene rings is 2. The van der Waals surface area contributed by atoms with Crippen molar-refractivity contribution in [3.05, 3.63) is 95.8 Å². The van der Waals surface area contributed by atoms with Crippen molar-refractivity contribution in [3.8, 4) is 5.69 Å². The Morgan fingerprint density at radius 3 is 2.32 bits per heavy atom. The van der Waals surface area contributed by atoms with E-state index < -0.39 is 0 Å². The molecule has 2 aromatic carbocycles. The van der Waals surface area contributed by atoms with Crippen molar-refractivity contribution in [3.63, 3.8) is 0 Å². The minimum Gasteiger partial charge on any atom is -0.319 e. The van der Waals surface area contributed by atoms with E-state index in [2.05, 4.69) is 10.4 Å². The van der Waals surface area contributed by atoms with E-state index in [9.17, 15) is 9.18 Å². The lowest BCUT2D eigenvalue weighted by Gasteiger charge is -2.56. The smallest absolute Gasteiger partial charge is 0.259 e. The van der Waals surface area contributed by atoms with Gasteiger partial charge in [-0.2, -0.15) is 10.2 Å². The van der Waals surface area contributed by atoms with Gasteiger partial charge in [0.2, 0.25) is 0 Å². The highest BCUT2D eigenvalue weighted by Crippen LogP contribution is 2.60. The summed E-state index contributed by atoms with van der Waals surface area (Å²) in [6.45, 7) is 0.299. The van der Waals surface area contributed by atoms with Crippen molar-refractivity contribution in [1.29, 1.82) is 0 Å². The standard InChI is InChI=1S/C30H30FN5O/c31-27-9-5-4-6-23(27)17-35-18-24(16-32-35)33-29(37)26-19-36(25-7-2-1-3-8-25)34-28(26)30-13-20-10-21(14-30)12-22(11-20)15-30/h1-9,16,18-22H,10-15,17H2,(H,33,37). The highest BCUT2D eigenvalue weighted by atomic mass is 19.1. The summed E-state index contributed by atoms with van der Waals surface area (Å²) in [4.78, 5) is 13.7. The molecule has 1 N–H and O–H groups in total. The Morgan fingerprint density at radius 2 is 1.62 bits per heavy atom. The third-order valence-corrected chi connectivity index (χ3v) is 8.70. The van der Waals surface area contributed by atoms with E-state index >= 15 is 0 Å². The van der Waals surface area contributed by atoms with Crippen LogP contribution in [0.3, 0.4) is 0 Å². The van der Waals surface area contributed by atoms with E-state index in [0.717, 1.165) is 48.4 Å². The molecule has 0 radical (unpaired) electrons. The molecule has 37 heavy (non-hydrogen) atoms. The van der Waals surface area contributed by atoms with Crippen LogP contribution in [-0.2, 0) is 12.0 Å². The maximum atomic E-state index is 14.1. The van der Waals surface area contributed by atoms with Gasteiger partial charge in [0.25, 0.3) is 5.91 Å². The molecule has 0 atom stereocenters. The molecule has 4 aliphatic rings. The lowest BCUT2D eigenvalue weighted by molar-refractivity contribution is -0.00765. The first-order chi connectivity index (χ1) is 18.0. The number of halogens is 1. The van der Waals surface area contributed by atoms with Crippen LogP contribution in [0.1, 0.15) is 60.1 Å². The maximum Gasteiger partial charge on any atom is 0.259 e. The lowest BCUT2D eigenvalue weighted by Crippen LogP contribution is -2.49. The predicted molar refractivity (Wildman–Crippen MR) is 139 cm³/mol. The van der Waals surface area contributed by atoms with Crippen LogP contribution in [-0.4, -0.2) is 25.5 Å². The SMILES string of the molecule is O=C(Nc1cnn(Cc2ccccc2F)c1)c1cn(-c2ccccc2)nc1C12CC3CC(CC(C3)C1)C2. The zero-order valence-electron chi connectivity index (χ0n) is 20.7. The normalized spacial score (nSPS) is 25.9. The Labute approximate surface area is 215 Å². The van der Waals surface area contributed by atoms with Crippen molar-refractivity contribution in [2.24, 2.45) is 17.8 Å². The molecule has 0 saturated heterocycles. The Bertz CT molecular complexity index is 1420. The first-order valence-corrected chi connectivity index (χ1v) is 13.3. The third kappa shape index (κ3) is 4.06. The number of carbonyl (C=O) groups is 1. The van der Waals surface area contributed by atoms with Gasteiger partial charge in [0, 0.05) is 23.4 Å². The third-order valence-electron chi connectivity index (χ3n) is 8.70. The van der Waals surface area contributed by atoms with E-state index in [1.165, 1.54) is 25.3 Å². The van der Waals surface area contributed by atoms with Crippen LogP contribution < -0.4 is 5.32 Å². The molecule has 6 nitrogen and oxygen atoms in total. The Kier molecular flexibility index (Phi) is 5.27. The number of hydrogen-bond acceptors (Lipinski definition) is 3. The van der Waals surface area contributed by atoms with Crippen LogP contribution in [0.5, 0.6) is 0 Å².